The summed E-state index contributed by atoms with van der Waals surface area (Å²) in [6.45, 7) is -0.0367. The zero-order valence-corrected chi connectivity index (χ0v) is 12.4. The molecule has 1 aliphatic carbocycles. The van der Waals surface area contributed by atoms with Crippen molar-refractivity contribution in [3.63, 3.8) is 0 Å². The molecule has 1 amide bonds. The zero-order chi connectivity index (χ0) is 15.2. The van der Waals surface area contributed by atoms with Crippen molar-refractivity contribution in [2.45, 2.75) is 30.3 Å². The van der Waals surface area contributed by atoms with Gasteiger partial charge in [-0.1, -0.05) is 0 Å². The van der Waals surface area contributed by atoms with E-state index in [1.165, 1.54) is 22.9 Å². The summed E-state index contributed by atoms with van der Waals surface area (Å²) in [6, 6.07) is 3.95. The van der Waals surface area contributed by atoms with Crippen molar-refractivity contribution in [2.75, 3.05) is 0 Å². The van der Waals surface area contributed by atoms with Crippen LogP contribution in [0.15, 0.2) is 29.3 Å². The number of fused-ring (bicyclic) bond motifs is 1. The molecule has 0 aliphatic heterocycles. The lowest BCUT2D eigenvalue weighted by atomic mass is 10.2. The second-order valence-electron chi connectivity index (χ2n) is 5.06. The van der Waals surface area contributed by atoms with Crippen LogP contribution in [0, 0.1) is 5.82 Å². The lowest BCUT2D eigenvalue weighted by molar-refractivity contribution is -0.121. The van der Waals surface area contributed by atoms with E-state index in [2.05, 4.69) is 5.32 Å². The lowest BCUT2D eigenvalue weighted by Gasteiger charge is -2.05. The van der Waals surface area contributed by atoms with Gasteiger partial charge in [0.05, 0.1) is 5.52 Å². The number of nitrogens with zero attached hydrogens (tertiary/aromatic N) is 1. The van der Waals surface area contributed by atoms with Crippen LogP contribution in [-0.4, -0.2) is 24.9 Å². The third kappa shape index (κ3) is 3.03. The summed E-state index contributed by atoms with van der Waals surface area (Å²) < 4.78 is 37.9. The number of nitrogens with one attached hydrogen (secondary N) is 1. The van der Waals surface area contributed by atoms with Crippen LogP contribution >= 0.6 is 10.7 Å². The zero-order valence-electron chi connectivity index (χ0n) is 10.8. The minimum absolute atomic E-state index is 0.0367. The number of hydrogen-bond donors (Lipinski definition) is 1. The maximum Gasteiger partial charge on any atom is 0.263 e. The summed E-state index contributed by atoms with van der Waals surface area (Å²) in [5.74, 6) is -0.776. The van der Waals surface area contributed by atoms with Gasteiger partial charge in [0.25, 0.3) is 9.05 Å². The van der Waals surface area contributed by atoms with E-state index in [1.807, 2.05) is 0 Å². The van der Waals surface area contributed by atoms with Gasteiger partial charge < -0.3 is 9.88 Å². The summed E-state index contributed by atoms with van der Waals surface area (Å²) in [6.07, 6.45) is 3.19. The van der Waals surface area contributed by atoms with Crippen LogP contribution in [-0.2, 0) is 20.4 Å². The van der Waals surface area contributed by atoms with Crippen LogP contribution in [0.2, 0.25) is 0 Å². The third-order valence-corrected chi connectivity index (χ3v) is 4.68. The first-order valence-electron chi connectivity index (χ1n) is 6.37. The summed E-state index contributed by atoms with van der Waals surface area (Å²) in [7, 11) is 1.35. The standard InChI is InChI=1S/C13H12ClFN2O3S/c14-21(19,20)12-6-17(7-13(18)16-9-2-3-9)11-4-1-8(15)5-10(11)12/h1,4-6,9H,2-3,7H2,(H,16,18). The molecule has 3 rings (SSSR count). The molecule has 0 atom stereocenters. The highest BCUT2D eigenvalue weighted by Crippen LogP contribution is 2.28. The van der Waals surface area contributed by atoms with E-state index >= 15 is 0 Å². The predicted molar refractivity (Wildman–Crippen MR) is 76.1 cm³/mol. The first kappa shape index (κ1) is 14.3. The molecular weight excluding hydrogens is 319 g/mol. The molecule has 1 aromatic heterocycles. The number of benzene rings is 1. The first-order valence-corrected chi connectivity index (χ1v) is 8.68. The highest BCUT2D eigenvalue weighted by molar-refractivity contribution is 8.14. The Labute approximate surface area is 125 Å². The van der Waals surface area contributed by atoms with E-state index in [4.69, 9.17) is 10.7 Å². The average Bonchev–Trinajstić information content (AvgIpc) is 3.09. The van der Waals surface area contributed by atoms with Crippen LogP contribution in [0.4, 0.5) is 4.39 Å². The van der Waals surface area contributed by atoms with E-state index in [0.717, 1.165) is 18.9 Å². The minimum atomic E-state index is -4.02. The van der Waals surface area contributed by atoms with E-state index < -0.39 is 14.9 Å². The molecule has 1 saturated carbocycles. The molecule has 5 nitrogen and oxygen atoms in total. The Balaban J connectivity index is 2.03. The van der Waals surface area contributed by atoms with Crippen molar-refractivity contribution >= 4 is 36.5 Å². The molecule has 21 heavy (non-hydrogen) atoms. The van der Waals surface area contributed by atoms with Gasteiger partial charge in [-0.25, -0.2) is 12.8 Å². The van der Waals surface area contributed by atoms with Crippen molar-refractivity contribution in [2.24, 2.45) is 0 Å². The van der Waals surface area contributed by atoms with Crippen LogP contribution in [0.3, 0.4) is 0 Å². The first-order chi connectivity index (χ1) is 9.84. The Hall–Kier alpha value is -1.60. The largest absolute Gasteiger partial charge is 0.352 e. The van der Waals surface area contributed by atoms with Crippen LogP contribution in [0.25, 0.3) is 10.9 Å². The fourth-order valence-corrected chi connectivity index (χ4v) is 3.27. The van der Waals surface area contributed by atoms with Gasteiger partial charge in [0, 0.05) is 28.3 Å². The Morgan fingerprint density at radius 3 is 2.76 bits per heavy atom. The molecule has 0 saturated heterocycles. The van der Waals surface area contributed by atoms with Gasteiger partial charge in [-0.3, -0.25) is 4.79 Å². The number of carbonyl (C=O) groups is 1. The van der Waals surface area contributed by atoms with Gasteiger partial charge in [-0.05, 0) is 31.0 Å². The average molecular weight is 331 g/mol. The molecule has 112 valence electrons. The highest BCUT2D eigenvalue weighted by atomic mass is 35.7. The highest BCUT2D eigenvalue weighted by Gasteiger charge is 2.24. The Morgan fingerprint density at radius 1 is 1.43 bits per heavy atom. The normalized spacial score (nSPS) is 15.3. The van der Waals surface area contributed by atoms with Crippen molar-refractivity contribution in [1.29, 1.82) is 0 Å². The van der Waals surface area contributed by atoms with Gasteiger partial charge in [0.15, 0.2) is 0 Å². The quantitative estimate of drug-likeness (QED) is 0.872. The van der Waals surface area contributed by atoms with Crippen molar-refractivity contribution in [3.8, 4) is 0 Å². The number of hydrogen-bond acceptors (Lipinski definition) is 3. The molecule has 0 radical (unpaired) electrons. The van der Waals surface area contributed by atoms with Crippen LogP contribution in [0.1, 0.15) is 12.8 Å². The number of amides is 1. The van der Waals surface area contributed by atoms with Crippen molar-refractivity contribution in [3.05, 3.63) is 30.2 Å². The van der Waals surface area contributed by atoms with Gasteiger partial charge >= 0.3 is 0 Å². The molecule has 0 spiro atoms. The Kier molecular flexibility index (Phi) is 3.41. The fraction of sp³-hybridized carbons (Fsp3) is 0.308. The SMILES string of the molecule is O=C(Cn1cc(S(=O)(=O)Cl)c2cc(F)ccc21)NC1CC1. The lowest BCUT2D eigenvalue weighted by Crippen LogP contribution is -2.29. The molecule has 1 aromatic carbocycles. The van der Waals surface area contributed by atoms with Crippen molar-refractivity contribution < 1.29 is 17.6 Å². The second kappa shape index (κ2) is 4.99. The maximum absolute atomic E-state index is 13.3. The molecule has 1 N–H and O–H groups in total. The van der Waals surface area contributed by atoms with Gasteiger partial charge in [-0.15, -0.1) is 0 Å². The van der Waals surface area contributed by atoms with E-state index in [-0.39, 0.29) is 28.8 Å². The van der Waals surface area contributed by atoms with Crippen LogP contribution in [0.5, 0.6) is 0 Å². The monoisotopic (exact) mass is 330 g/mol. The van der Waals surface area contributed by atoms with Crippen LogP contribution < -0.4 is 5.32 Å². The fourth-order valence-electron chi connectivity index (χ4n) is 2.22. The minimum Gasteiger partial charge on any atom is -0.352 e. The maximum atomic E-state index is 13.3. The summed E-state index contributed by atoms with van der Waals surface area (Å²) in [4.78, 5) is 11.6. The summed E-state index contributed by atoms with van der Waals surface area (Å²) in [5.41, 5.74) is 0.446. The molecule has 0 bridgehead atoms. The second-order valence-corrected chi connectivity index (χ2v) is 7.60. The molecule has 2 aromatic rings. The predicted octanol–water partition coefficient (Wildman–Crippen LogP) is 1.99. The Morgan fingerprint density at radius 2 is 2.14 bits per heavy atom. The number of rotatable bonds is 4. The molecular formula is C13H12ClFN2O3S. The van der Waals surface area contributed by atoms with Gasteiger partial charge in [-0.2, -0.15) is 0 Å². The summed E-state index contributed by atoms with van der Waals surface area (Å²) in [5, 5.41) is 2.98. The number of aromatic nitrogens is 1. The topological polar surface area (TPSA) is 68.2 Å². The van der Waals surface area contributed by atoms with E-state index in [9.17, 15) is 17.6 Å². The molecule has 0 unspecified atom stereocenters. The smallest absolute Gasteiger partial charge is 0.263 e. The van der Waals surface area contributed by atoms with E-state index in [0.29, 0.717) is 5.52 Å². The van der Waals surface area contributed by atoms with Gasteiger partial charge in [0.1, 0.15) is 17.3 Å². The Bertz CT molecular complexity index is 827. The molecule has 8 heteroatoms. The van der Waals surface area contributed by atoms with Gasteiger partial charge in [0.2, 0.25) is 5.91 Å². The third-order valence-electron chi connectivity index (χ3n) is 3.33. The van der Waals surface area contributed by atoms with E-state index in [1.54, 1.807) is 0 Å². The molecule has 1 fully saturated rings. The van der Waals surface area contributed by atoms with Crippen molar-refractivity contribution in [1.82, 2.24) is 9.88 Å². The molecule has 1 heterocycles. The molecule has 1 aliphatic rings. The summed E-state index contributed by atoms with van der Waals surface area (Å²) >= 11 is 0. The number of halogens is 2. The number of carbonyl (C=O) groups excluding carboxylic acids is 1.